The van der Waals surface area contributed by atoms with Crippen LogP contribution in [0.15, 0.2) is 64.3 Å². The van der Waals surface area contributed by atoms with Gasteiger partial charge in [0.1, 0.15) is 0 Å². The smallest absolute Gasteiger partial charge is 0.293 e. The Labute approximate surface area is 181 Å². The van der Waals surface area contributed by atoms with Gasteiger partial charge in [0, 0.05) is 38.1 Å². The third-order valence-corrected chi connectivity index (χ3v) is 4.79. The summed E-state index contributed by atoms with van der Waals surface area (Å²) in [6.07, 6.45) is 3.22. The summed E-state index contributed by atoms with van der Waals surface area (Å²) < 4.78 is 2.09. The number of benzene rings is 2. The number of non-ortho nitro benzene ring substituents is 1. The lowest BCUT2D eigenvalue weighted by Gasteiger charge is -2.11. The molecule has 0 fully saturated rings. The molecule has 1 amide bonds. The number of nitrogens with one attached hydrogen (secondary N) is 1. The summed E-state index contributed by atoms with van der Waals surface area (Å²) in [6, 6.07) is 13.9. The maximum absolute atomic E-state index is 12.4. The van der Waals surface area contributed by atoms with Crippen molar-refractivity contribution < 1.29 is 9.72 Å². The van der Waals surface area contributed by atoms with Crippen LogP contribution in [0.5, 0.6) is 0 Å². The fourth-order valence-electron chi connectivity index (χ4n) is 2.62. The Hall–Kier alpha value is -3.53. The molecule has 30 heavy (non-hydrogen) atoms. The van der Waals surface area contributed by atoms with Crippen molar-refractivity contribution in [3.05, 3.63) is 86.1 Å². The second-order valence-electron chi connectivity index (χ2n) is 6.63. The number of amides is 1. The number of nitrogens with zero attached hydrogens (tertiary/aromatic N) is 5. The summed E-state index contributed by atoms with van der Waals surface area (Å²) in [5.41, 5.74) is 5.42. The van der Waals surface area contributed by atoms with Gasteiger partial charge in [-0.25, -0.2) is 5.43 Å². The van der Waals surface area contributed by atoms with E-state index in [2.05, 4.69) is 31.6 Å². The summed E-state index contributed by atoms with van der Waals surface area (Å²) in [4.78, 5) is 24.7. The second-order valence-corrected chi connectivity index (χ2v) is 7.49. The van der Waals surface area contributed by atoms with Crippen molar-refractivity contribution in [3.63, 3.8) is 0 Å². The van der Waals surface area contributed by atoms with Crippen LogP contribution in [0.25, 0.3) is 0 Å². The van der Waals surface area contributed by atoms with Crippen molar-refractivity contribution in [2.24, 2.45) is 5.10 Å². The molecule has 154 valence electrons. The maximum Gasteiger partial charge on any atom is 0.293 e. The quantitative estimate of drug-likeness (QED) is 0.323. The Balaban J connectivity index is 1.62. The van der Waals surface area contributed by atoms with E-state index in [1.54, 1.807) is 29.2 Å². The molecule has 0 aliphatic rings. The van der Waals surface area contributed by atoms with Gasteiger partial charge in [0.25, 0.3) is 11.6 Å². The zero-order valence-corrected chi connectivity index (χ0v) is 17.9. The molecule has 0 aliphatic heterocycles. The zero-order valence-electron chi connectivity index (χ0n) is 16.3. The number of anilines is 1. The largest absolute Gasteiger partial charge is 0.378 e. The molecular weight excluding hydrogens is 452 g/mol. The highest BCUT2D eigenvalue weighted by molar-refractivity contribution is 9.10. The predicted octanol–water partition coefficient (Wildman–Crippen LogP) is 3.43. The third kappa shape index (κ3) is 5.29. The fourth-order valence-corrected chi connectivity index (χ4v) is 3.11. The van der Waals surface area contributed by atoms with E-state index < -0.39 is 10.8 Å². The third-order valence-electron chi connectivity index (χ3n) is 4.21. The Kier molecular flexibility index (Phi) is 6.58. The van der Waals surface area contributed by atoms with Gasteiger partial charge in [0.05, 0.1) is 22.2 Å². The number of rotatable bonds is 7. The van der Waals surface area contributed by atoms with Crippen LogP contribution in [0.3, 0.4) is 0 Å². The normalized spacial score (nSPS) is 10.9. The van der Waals surface area contributed by atoms with Crippen molar-refractivity contribution in [2.45, 2.75) is 6.54 Å². The Morgan fingerprint density at radius 3 is 2.50 bits per heavy atom. The molecule has 3 aromatic rings. The van der Waals surface area contributed by atoms with Crippen LogP contribution in [-0.4, -0.2) is 40.9 Å². The monoisotopic (exact) mass is 470 g/mol. The molecule has 3 rings (SSSR count). The van der Waals surface area contributed by atoms with E-state index in [0.717, 1.165) is 16.8 Å². The van der Waals surface area contributed by atoms with Crippen molar-refractivity contribution in [2.75, 3.05) is 19.0 Å². The number of carbonyl (C=O) groups excluding carboxylic acids is 1. The number of hydrazone groups is 1. The number of nitro groups is 1. The van der Waals surface area contributed by atoms with Crippen molar-refractivity contribution in [1.82, 2.24) is 15.2 Å². The van der Waals surface area contributed by atoms with Gasteiger partial charge in [-0.15, -0.1) is 0 Å². The molecule has 1 aromatic heterocycles. The van der Waals surface area contributed by atoms with Crippen LogP contribution >= 0.6 is 15.9 Å². The van der Waals surface area contributed by atoms with E-state index in [4.69, 9.17) is 0 Å². The molecule has 0 saturated heterocycles. The molecule has 0 unspecified atom stereocenters. The van der Waals surface area contributed by atoms with Gasteiger partial charge in [-0.3, -0.25) is 19.6 Å². The Bertz CT molecular complexity index is 1070. The highest BCUT2D eigenvalue weighted by Gasteiger charge is 2.15. The average molecular weight is 471 g/mol. The molecular formula is C20H19BrN6O3. The van der Waals surface area contributed by atoms with Crippen molar-refractivity contribution >= 4 is 39.4 Å². The minimum absolute atomic E-state index is 0.0229. The SMILES string of the molecule is CN(C)c1ccc(/C=N/NC(=O)c2nn(Cc3ccc([N+](=O)[O-])cc3)cc2Br)cc1. The molecule has 2 aromatic carbocycles. The first kappa shape index (κ1) is 21.2. The summed E-state index contributed by atoms with van der Waals surface area (Å²) >= 11 is 3.33. The number of aromatic nitrogens is 2. The standard InChI is InChI=1S/C20H19BrN6O3/c1-25(2)16-7-3-14(4-8-16)11-22-23-20(28)19-18(21)13-26(24-19)12-15-5-9-17(10-6-15)27(29)30/h3-11,13H,12H2,1-2H3,(H,23,28)/b22-11+. The van der Waals surface area contributed by atoms with Crippen LogP contribution < -0.4 is 10.3 Å². The lowest BCUT2D eigenvalue weighted by molar-refractivity contribution is -0.384. The van der Waals surface area contributed by atoms with E-state index in [-0.39, 0.29) is 11.4 Å². The minimum atomic E-state index is -0.453. The van der Waals surface area contributed by atoms with E-state index in [0.29, 0.717) is 11.0 Å². The first-order valence-corrected chi connectivity index (χ1v) is 9.70. The van der Waals surface area contributed by atoms with E-state index in [1.165, 1.54) is 12.1 Å². The second kappa shape index (κ2) is 9.31. The molecule has 9 nitrogen and oxygen atoms in total. The number of halogens is 1. The fraction of sp³-hybridized carbons (Fsp3) is 0.150. The van der Waals surface area contributed by atoms with Crippen LogP contribution in [0, 0.1) is 10.1 Å². The van der Waals surface area contributed by atoms with Crippen LogP contribution in [0.1, 0.15) is 21.6 Å². The topological polar surface area (TPSA) is 106 Å². The highest BCUT2D eigenvalue weighted by Crippen LogP contribution is 2.17. The number of nitro benzene ring substituents is 1. The first-order valence-electron chi connectivity index (χ1n) is 8.90. The van der Waals surface area contributed by atoms with E-state index >= 15 is 0 Å². The maximum atomic E-state index is 12.4. The average Bonchev–Trinajstić information content (AvgIpc) is 3.08. The Morgan fingerprint density at radius 1 is 1.23 bits per heavy atom. The molecule has 1 heterocycles. The van der Waals surface area contributed by atoms with Gasteiger partial charge in [-0.2, -0.15) is 10.2 Å². The van der Waals surface area contributed by atoms with E-state index in [1.807, 2.05) is 43.3 Å². The molecule has 0 radical (unpaired) electrons. The molecule has 10 heteroatoms. The number of hydrogen-bond donors (Lipinski definition) is 1. The molecule has 0 atom stereocenters. The molecule has 1 N–H and O–H groups in total. The Morgan fingerprint density at radius 2 is 1.90 bits per heavy atom. The summed E-state index contributed by atoms with van der Waals surface area (Å²) in [5, 5.41) is 19.0. The van der Waals surface area contributed by atoms with E-state index in [9.17, 15) is 14.9 Å². The minimum Gasteiger partial charge on any atom is -0.378 e. The van der Waals surface area contributed by atoms with Gasteiger partial charge in [0.15, 0.2) is 5.69 Å². The van der Waals surface area contributed by atoms with Gasteiger partial charge in [-0.1, -0.05) is 24.3 Å². The summed E-state index contributed by atoms with van der Waals surface area (Å²) in [7, 11) is 3.92. The van der Waals surface area contributed by atoms with Crippen LogP contribution in [0.4, 0.5) is 11.4 Å². The van der Waals surface area contributed by atoms with Crippen molar-refractivity contribution in [3.8, 4) is 0 Å². The number of carbonyl (C=O) groups is 1. The van der Waals surface area contributed by atoms with Crippen LogP contribution in [0.2, 0.25) is 0 Å². The lowest BCUT2D eigenvalue weighted by atomic mass is 10.2. The van der Waals surface area contributed by atoms with Gasteiger partial charge < -0.3 is 4.90 Å². The first-order chi connectivity index (χ1) is 14.3. The molecule has 0 aliphatic carbocycles. The molecule has 0 bridgehead atoms. The number of hydrogen-bond acceptors (Lipinski definition) is 6. The summed E-state index contributed by atoms with van der Waals surface area (Å²) in [6.45, 7) is 0.366. The predicted molar refractivity (Wildman–Crippen MR) is 118 cm³/mol. The highest BCUT2D eigenvalue weighted by atomic mass is 79.9. The van der Waals surface area contributed by atoms with Crippen LogP contribution in [-0.2, 0) is 6.54 Å². The van der Waals surface area contributed by atoms with Gasteiger partial charge in [0.2, 0.25) is 0 Å². The lowest BCUT2D eigenvalue weighted by Crippen LogP contribution is -2.19. The van der Waals surface area contributed by atoms with Crippen molar-refractivity contribution in [1.29, 1.82) is 0 Å². The molecule has 0 spiro atoms. The zero-order chi connectivity index (χ0) is 21.7. The van der Waals surface area contributed by atoms with Gasteiger partial charge >= 0.3 is 0 Å². The summed E-state index contributed by atoms with van der Waals surface area (Å²) in [5.74, 6) is -0.453. The molecule has 0 saturated carbocycles. The van der Waals surface area contributed by atoms with Gasteiger partial charge in [-0.05, 0) is 39.2 Å².